The molecule has 0 radical (unpaired) electrons. The average molecular weight is 533 g/mol. The number of benzene rings is 3. The SMILES string of the molecule is CCOC(=O)C1CCN(Sc2cccc(NC(=O)c3ccc4nc(C)n(-c5ccc(F)cc5)c4c3)c2)CC1. The first-order chi connectivity index (χ1) is 18.4. The van der Waals surface area contributed by atoms with Crippen molar-refractivity contribution < 1.29 is 18.7 Å². The van der Waals surface area contributed by atoms with Crippen molar-refractivity contribution in [1.29, 1.82) is 0 Å². The Balaban J connectivity index is 1.27. The zero-order valence-electron chi connectivity index (χ0n) is 21.3. The topological polar surface area (TPSA) is 76.5 Å². The predicted molar refractivity (Wildman–Crippen MR) is 147 cm³/mol. The first kappa shape index (κ1) is 25.9. The third kappa shape index (κ3) is 5.74. The van der Waals surface area contributed by atoms with E-state index in [0.717, 1.165) is 53.4 Å². The van der Waals surface area contributed by atoms with Crippen LogP contribution in [0.1, 0.15) is 35.9 Å². The quantitative estimate of drug-likeness (QED) is 0.232. The number of fused-ring (bicyclic) bond motifs is 1. The molecule has 0 unspecified atom stereocenters. The van der Waals surface area contributed by atoms with Crippen molar-refractivity contribution in [2.45, 2.75) is 31.6 Å². The molecular weight excluding hydrogens is 503 g/mol. The molecule has 0 bridgehead atoms. The van der Waals surface area contributed by atoms with Crippen LogP contribution in [0.4, 0.5) is 10.1 Å². The summed E-state index contributed by atoms with van der Waals surface area (Å²) < 4.78 is 22.8. The van der Waals surface area contributed by atoms with Crippen molar-refractivity contribution in [1.82, 2.24) is 13.9 Å². The number of esters is 1. The molecule has 0 saturated carbocycles. The molecule has 1 amide bonds. The Labute approximate surface area is 225 Å². The maximum atomic E-state index is 13.5. The van der Waals surface area contributed by atoms with E-state index in [1.54, 1.807) is 36.2 Å². The number of aromatic nitrogens is 2. The Morgan fingerprint density at radius 1 is 1.08 bits per heavy atom. The molecule has 4 aromatic rings. The Morgan fingerprint density at radius 3 is 2.58 bits per heavy atom. The van der Waals surface area contributed by atoms with Gasteiger partial charge in [0.25, 0.3) is 5.91 Å². The van der Waals surface area contributed by atoms with Gasteiger partial charge in [0.05, 0.1) is 23.6 Å². The Morgan fingerprint density at radius 2 is 1.84 bits per heavy atom. The number of aryl methyl sites for hydroxylation is 1. The second-order valence-corrected chi connectivity index (χ2v) is 10.4. The number of anilines is 1. The number of rotatable bonds is 7. The van der Waals surface area contributed by atoms with Crippen LogP contribution in [0.15, 0.2) is 71.6 Å². The number of amides is 1. The van der Waals surface area contributed by atoms with Crippen LogP contribution in [0.5, 0.6) is 0 Å². The fourth-order valence-electron chi connectivity index (χ4n) is 4.68. The highest BCUT2D eigenvalue weighted by Gasteiger charge is 2.26. The molecule has 1 N–H and O–H groups in total. The number of carbonyl (C=O) groups is 2. The molecule has 5 rings (SSSR count). The van der Waals surface area contributed by atoms with E-state index in [1.165, 1.54) is 12.1 Å². The van der Waals surface area contributed by atoms with Crippen LogP contribution in [0.25, 0.3) is 16.7 Å². The number of hydrogen-bond donors (Lipinski definition) is 1. The lowest BCUT2D eigenvalue weighted by atomic mass is 9.98. The Bertz CT molecular complexity index is 1460. The van der Waals surface area contributed by atoms with Gasteiger partial charge in [-0.25, -0.2) is 13.7 Å². The monoisotopic (exact) mass is 532 g/mol. The number of halogens is 1. The summed E-state index contributed by atoms with van der Waals surface area (Å²) in [6, 6.07) is 19.3. The van der Waals surface area contributed by atoms with Gasteiger partial charge >= 0.3 is 5.97 Å². The summed E-state index contributed by atoms with van der Waals surface area (Å²) >= 11 is 1.63. The third-order valence-corrected chi connectivity index (χ3v) is 7.66. The van der Waals surface area contributed by atoms with Gasteiger partial charge in [-0.1, -0.05) is 6.07 Å². The summed E-state index contributed by atoms with van der Waals surface area (Å²) in [4.78, 5) is 30.8. The fourth-order valence-corrected chi connectivity index (χ4v) is 5.69. The van der Waals surface area contributed by atoms with Gasteiger partial charge in [-0.05, 0) is 99.3 Å². The molecule has 0 aliphatic carbocycles. The minimum atomic E-state index is -0.308. The molecule has 1 saturated heterocycles. The molecular formula is C29H29FN4O3S. The average Bonchev–Trinajstić information content (AvgIpc) is 3.25. The van der Waals surface area contributed by atoms with E-state index < -0.39 is 0 Å². The third-order valence-electron chi connectivity index (χ3n) is 6.57. The van der Waals surface area contributed by atoms with Gasteiger partial charge in [0.1, 0.15) is 11.6 Å². The van der Waals surface area contributed by atoms with Crippen LogP contribution in [-0.4, -0.2) is 45.4 Å². The summed E-state index contributed by atoms with van der Waals surface area (Å²) in [5, 5.41) is 3.00. The second-order valence-electron chi connectivity index (χ2n) is 9.20. The van der Waals surface area contributed by atoms with E-state index in [-0.39, 0.29) is 23.6 Å². The van der Waals surface area contributed by atoms with E-state index in [1.807, 2.05) is 48.7 Å². The summed E-state index contributed by atoms with van der Waals surface area (Å²) in [6.45, 7) is 5.72. The van der Waals surface area contributed by atoms with Crippen molar-refractivity contribution in [3.05, 3.63) is 83.9 Å². The van der Waals surface area contributed by atoms with E-state index in [0.29, 0.717) is 17.9 Å². The maximum Gasteiger partial charge on any atom is 0.309 e. The van der Waals surface area contributed by atoms with Gasteiger partial charge < -0.3 is 10.1 Å². The molecule has 0 spiro atoms. The van der Waals surface area contributed by atoms with Gasteiger partial charge in [0, 0.05) is 34.9 Å². The van der Waals surface area contributed by atoms with Crippen LogP contribution >= 0.6 is 11.9 Å². The fraction of sp³-hybridized carbons (Fsp3) is 0.276. The highest BCUT2D eigenvalue weighted by Crippen LogP contribution is 2.30. The normalized spacial score (nSPS) is 14.5. The number of hydrogen-bond acceptors (Lipinski definition) is 6. The van der Waals surface area contributed by atoms with Crippen molar-refractivity contribution in [2.75, 3.05) is 25.0 Å². The molecule has 0 atom stereocenters. The molecule has 1 aliphatic heterocycles. The van der Waals surface area contributed by atoms with Crippen molar-refractivity contribution in [3.8, 4) is 5.69 Å². The van der Waals surface area contributed by atoms with Gasteiger partial charge in [-0.15, -0.1) is 0 Å². The Hall–Kier alpha value is -3.69. The standard InChI is InChI=1S/C29H29FN4O3S/c1-3-37-29(36)20-13-15-33(16-14-20)38-25-6-4-5-23(18-25)32-28(35)21-7-12-26-27(17-21)34(19(2)31-26)24-10-8-22(30)9-11-24/h4-12,17-18,20H,3,13-16H2,1-2H3,(H,32,35). The molecule has 1 aromatic heterocycles. The highest BCUT2D eigenvalue weighted by atomic mass is 32.2. The molecule has 3 aromatic carbocycles. The van der Waals surface area contributed by atoms with E-state index >= 15 is 0 Å². The summed E-state index contributed by atoms with van der Waals surface area (Å²) in [6.07, 6.45) is 1.55. The number of carbonyl (C=O) groups excluding carboxylic acids is 2. The first-order valence-electron chi connectivity index (χ1n) is 12.7. The zero-order chi connectivity index (χ0) is 26.6. The summed E-state index contributed by atoms with van der Waals surface area (Å²) in [5.74, 6) is 0.0836. The van der Waals surface area contributed by atoms with Crippen molar-refractivity contribution in [3.63, 3.8) is 0 Å². The van der Waals surface area contributed by atoms with Crippen LogP contribution in [0, 0.1) is 18.7 Å². The molecule has 9 heteroatoms. The molecule has 196 valence electrons. The lowest BCUT2D eigenvalue weighted by Gasteiger charge is -2.29. The van der Waals surface area contributed by atoms with Crippen molar-refractivity contribution in [2.24, 2.45) is 5.92 Å². The molecule has 1 fully saturated rings. The maximum absolute atomic E-state index is 13.5. The predicted octanol–water partition coefficient (Wildman–Crippen LogP) is 6.01. The van der Waals surface area contributed by atoms with Crippen LogP contribution < -0.4 is 5.32 Å². The first-order valence-corrected chi connectivity index (χ1v) is 13.4. The highest BCUT2D eigenvalue weighted by molar-refractivity contribution is 7.97. The molecule has 2 heterocycles. The van der Waals surface area contributed by atoms with Gasteiger partial charge in [0.2, 0.25) is 0 Å². The zero-order valence-corrected chi connectivity index (χ0v) is 22.1. The van der Waals surface area contributed by atoms with Crippen LogP contribution in [0.3, 0.4) is 0 Å². The van der Waals surface area contributed by atoms with Gasteiger partial charge in [0.15, 0.2) is 0 Å². The van der Waals surface area contributed by atoms with Crippen molar-refractivity contribution >= 4 is 40.5 Å². The lowest BCUT2D eigenvalue weighted by Crippen LogP contribution is -2.33. The second kappa shape index (κ2) is 11.4. The number of piperidine rings is 1. The molecule has 1 aliphatic rings. The smallest absolute Gasteiger partial charge is 0.309 e. The van der Waals surface area contributed by atoms with Gasteiger partial charge in [-0.3, -0.25) is 14.2 Å². The van der Waals surface area contributed by atoms with E-state index in [4.69, 9.17) is 4.74 Å². The van der Waals surface area contributed by atoms with Crippen LogP contribution in [0.2, 0.25) is 0 Å². The molecule has 38 heavy (non-hydrogen) atoms. The van der Waals surface area contributed by atoms with E-state index in [2.05, 4.69) is 14.6 Å². The lowest BCUT2D eigenvalue weighted by molar-refractivity contribution is -0.149. The number of nitrogens with zero attached hydrogens (tertiary/aromatic N) is 3. The molecule has 7 nitrogen and oxygen atoms in total. The van der Waals surface area contributed by atoms with Crippen LogP contribution in [-0.2, 0) is 9.53 Å². The minimum absolute atomic E-state index is 0.0297. The largest absolute Gasteiger partial charge is 0.466 e. The summed E-state index contributed by atoms with van der Waals surface area (Å²) in [5.41, 5.74) is 3.51. The number of ether oxygens (including phenoxy) is 1. The number of nitrogens with one attached hydrogen (secondary N) is 1. The number of imidazole rings is 1. The summed E-state index contributed by atoms with van der Waals surface area (Å²) in [7, 11) is 0. The van der Waals surface area contributed by atoms with Gasteiger partial charge in [-0.2, -0.15) is 0 Å². The minimum Gasteiger partial charge on any atom is -0.466 e. The Kier molecular flexibility index (Phi) is 7.76. The van der Waals surface area contributed by atoms with E-state index in [9.17, 15) is 14.0 Å².